The summed E-state index contributed by atoms with van der Waals surface area (Å²) in [6.45, 7) is 6.77. The van der Waals surface area contributed by atoms with Crippen LogP contribution in [0.15, 0.2) is 0 Å². The molecule has 17 heavy (non-hydrogen) atoms. The smallest absolute Gasteiger partial charge is 0.169 e. The largest absolute Gasteiger partial charge is 0.360 e. The number of hydrogen-bond donors (Lipinski definition) is 1. The van der Waals surface area contributed by atoms with E-state index in [4.69, 9.17) is 12.2 Å². The summed E-state index contributed by atoms with van der Waals surface area (Å²) in [5, 5.41) is 4.46. The van der Waals surface area contributed by atoms with E-state index in [0.717, 1.165) is 18.2 Å². The van der Waals surface area contributed by atoms with E-state index in [-0.39, 0.29) is 0 Å². The van der Waals surface area contributed by atoms with E-state index in [9.17, 15) is 0 Å². The number of thiocarbonyl (C=S) groups is 1. The molecule has 0 unspecified atom stereocenters. The molecule has 1 N–H and O–H groups in total. The second-order valence-corrected chi connectivity index (χ2v) is 5.51. The molecule has 1 saturated carbocycles. The van der Waals surface area contributed by atoms with Gasteiger partial charge in [-0.25, -0.2) is 0 Å². The van der Waals surface area contributed by atoms with Crippen LogP contribution in [-0.2, 0) is 0 Å². The van der Waals surface area contributed by atoms with Crippen molar-refractivity contribution in [1.29, 1.82) is 0 Å². The van der Waals surface area contributed by atoms with Crippen LogP contribution in [0.2, 0.25) is 0 Å². The van der Waals surface area contributed by atoms with Crippen molar-refractivity contribution < 1.29 is 0 Å². The lowest BCUT2D eigenvalue weighted by Crippen LogP contribution is -2.41. The van der Waals surface area contributed by atoms with Crippen LogP contribution in [-0.4, -0.2) is 29.1 Å². The Morgan fingerprint density at radius 2 is 1.59 bits per heavy atom. The summed E-state index contributed by atoms with van der Waals surface area (Å²) in [5.41, 5.74) is 0. The Labute approximate surface area is 112 Å². The topological polar surface area (TPSA) is 15.3 Å². The first-order chi connectivity index (χ1) is 8.27. The normalized spacial score (nSPS) is 14.7. The van der Waals surface area contributed by atoms with E-state index < -0.39 is 0 Å². The van der Waals surface area contributed by atoms with Gasteiger partial charge in [0.15, 0.2) is 5.11 Å². The molecular weight excluding hydrogens is 228 g/mol. The first-order valence-corrected chi connectivity index (χ1v) is 7.74. The standard InChI is InChI=1S/C14H28N2S/c1-3-5-7-11-16(12-8-6-4-2)14(17)15-13-9-10-13/h13H,3-12H2,1-2H3,(H,15,17). The van der Waals surface area contributed by atoms with E-state index in [1.807, 2.05) is 0 Å². The molecule has 1 aliphatic carbocycles. The van der Waals surface area contributed by atoms with Gasteiger partial charge in [-0.3, -0.25) is 0 Å². The number of unbranched alkanes of at least 4 members (excludes halogenated alkanes) is 4. The molecule has 0 bridgehead atoms. The highest BCUT2D eigenvalue weighted by molar-refractivity contribution is 7.80. The van der Waals surface area contributed by atoms with Crippen molar-refractivity contribution in [1.82, 2.24) is 10.2 Å². The van der Waals surface area contributed by atoms with Crippen LogP contribution in [0, 0.1) is 0 Å². The molecule has 100 valence electrons. The van der Waals surface area contributed by atoms with Crippen LogP contribution >= 0.6 is 12.2 Å². The first-order valence-electron chi connectivity index (χ1n) is 7.33. The average Bonchev–Trinajstić information content (AvgIpc) is 3.11. The second kappa shape index (κ2) is 8.73. The predicted molar refractivity (Wildman–Crippen MR) is 79.4 cm³/mol. The first kappa shape index (κ1) is 14.7. The molecule has 0 saturated heterocycles. The van der Waals surface area contributed by atoms with Crippen LogP contribution < -0.4 is 5.32 Å². The molecule has 0 heterocycles. The highest BCUT2D eigenvalue weighted by Crippen LogP contribution is 2.19. The van der Waals surface area contributed by atoms with Crippen LogP contribution in [0.3, 0.4) is 0 Å². The summed E-state index contributed by atoms with van der Waals surface area (Å²) >= 11 is 5.51. The lowest BCUT2D eigenvalue weighted by Gasteiger charge is -2.26. The van der Waals surface area contributed by atoms with Gasteiger partial charge >= 0.3 is 0 Å². The van der Waals surface area contributed by atoms with Crippen molar-refractivity contribution in [3.63, 3.8) is 0 Å². The number of nitrogens with zero attached hydrogens (tertiary/aromatic N) is 1. The second-order valence-electron chi connectivity index (χ2n) is 5.13. The highest BCUT2D eigenvalue weighted by atomic mass is 32.1. The van der Waals surface area contributed by atoms with Gasteiger partial charge in [0.05, 0.1) is 0 Å². The molecule has 1 aliphatic rings. The molecule has 0 aromatic carbocycles. The van der Waals surface area contributed by atoms with Crippen molar-refractivity contribution in [2.75, 3.05) is 13.1 Å². The van der Waals surface area contributed by atoms with Gasteiger partial charge in [-0.2, -0.15) is 0 Å². The lowest BCUT2D eigenvalue weighted by atomic mass is 10.2. The number of rotatable bonds is 9. The minimum atomic E-state index is 0.683. The molecule has 0 amide bonds. The van der Waals surface area contributed by atoms with Gasteiger partial charge in [0.2, 0.25) is 0 Å². The summed E-state index contributed by atoms with van der Waals surface area (Å²) < 4.78 is 0. The van der Waals surface area contributed by atoms with Gasteiger partial charge < -0.3 is 10.2 Å². The molecule has 0 radical (unpaired) electrons. The molecule has 1 fully saturated rings. The van der Waals surface area contributed by atoms with Crippen molar-refractivity contribution in [2.24, 2.45) is 0 Å². The average molecular weight is 256 g/mol. The third-order valence-electron chi connectivity index (χ3n) is 3.26. The van der Waals surface area contributed by atoms with Crippen molar-refractivity contribution in [3.05, 3.63) is 0 Å². The number of nitrogens with one attached hydrogen (secondary N) is 1. The molecule has 2 nitrogen and oxygen atoms in total. The van der Waals surface area contributed by atoms with Crippen LogP contribution in [0.25, 0.3) is 0 Å². The Kier molecular flexibility index (Phi) is 7.58. The summed E-state index contributed by atoms with van der Waals surface area (Å²) in [6, 6.07) is 0.683. The summed E-state index contributed by atoms with van der Waals surface area (Å²) in [7, 11) is 0. The summed E-state index contributed by atoms with van der Waals surface area (Å²) in [4.78, 5) is 2.39. The van der Waals surface area contributed by atoms with Gasteiger partial charge in [-0.15, -0.1) is 0 Å². The minimum Gasteiger partial charge on any atom is -0.360 e. The van der Waals surface area contributed by atoms with E-state index >= 15 is 0 Å². The van der Waals surface area contributed by atoms with Crippen LogP contribution in [0.1, 0.15) is 65.2 Å². The Balaban J connectivity index is 2.24. The fraction of sp³-hybridized carbons (Fsp3) is 0.929. The molecule has 0 atom stereocenters. The predicted octanol–water partition coefficient (Wildman–Crippen LogP) is 3.71. The van der Waals surface area contributed by atoms with Gasteiger partial charge in [-0.05, 0) is 37.9 Å². The third-order valence-corrected chi connectivity index (χ3v) is 3.63. The van der Waals surface area contributed by atoms with E-state index in [1.54, 1.807) is 0 Å². The zero-order valence-corrected chi connectivity index (χ0v) is 12.3. The lowest BCUT2D eigenvalue weighted by molar-refractivity contribution is 0.384. The maximum Gasteiger partial charge on any atom is 0.169 e. The van der Waals surface area contributed by atoms with Gasteiger partial charge in [0.25, 0.3) is 0 Å². The molecule has 0 aliphatic heterocycles. The molecular formula is C14H28N2S. The van der Waals surface area contributed by atoms with Gasteiger partial charge in [0.1, 0.15) is 0 Å². The fourth-order valence-corrected chi connectivity index (χ4v) is 2.26. The summed E-state index contributed by atoms with van der Waals surface area (Å²) in [5.74, 6) is 0. The zero-order chi connectivity index (χ0) is 12.5. The van der Waals surface area contributed by atoms with Gasteiger partial charge in [0, 0.05) is 19.1 Å². The SMILES string of the molecule is CCCCCN(CCCCC)C(=S)NC1CC1. The van der Waals surface area contributed by atoms with E-state index in [0.29, 0.717) is 6.04 Å². The maximum absolute atomic E-state index is 5.51. The van der Waals surface area contributed by atoms with E-state index in [2.05, 4.69) is 24.1 Å². The minimum absolute atomic E-state index is 0.683. The van der Waals surface area contributed by atoms with Crippen molar-refractivity contribution >= 4 is 17.3 Å². The van der Waals surface area contributed by atoms with Gasteiger partial charge in [-0.1, -0.05) is 39.5 Å². The summed E-state index contributed by atoms with van der Waals surface area (Å²) in [6.07, 6.45) is 10.4. The Morgan fingerprint density at radius 3 is 2.00 bits per heavy atom. The third kappa shape index (κ3) is 6.87. The van der Waals surface area contributed by atoms with Crippen molar-refractivity contribution in [3.8, 4) is 0 Å². The Hall–Kier alpha value is -0.310. The highest BCUT2D eigenvalue weighted by Gasteiger charge is 2.23. The van der Waals surface area contributed by atoms with Crippen LogP contribution in [0.5, 0.6) is 0 Å². The molecule has 0 spiro atoms. The Bertz CT molecular complexity index is 204. The monoisotopic (exact) mass is 256 g/mol. The Morgan fingerprint density at radius 1 is 1.06 bits per heavy atom. The quantitative estimate of drug-likeness (QED) is 0.500. The zero-order valence-electron chi connectivity index (χ0n) is 11.5. The molecule has 0 aromatic heterocycles. The molecule has 0 aromatic rings. The molecule has 1 rings (SSSR count). The van der Waals surface area contributed by atoms with Crippen molar-refractivity contribution in [2.45, 2.75) is 71.3 Å². The molecule has 3 heteroatoms. The van der Waals surface area contributed by atoms with Crippen LogP contribution in [0.4, 0.5) is 0 Å². The number of hydrogen-bond acceptors (Lipinski definition) is 1. The van der Waals surface area contributed by atoms with E-state index in [1.165, 1.54) is 51.4 Å². The fourth-order valence-electron chi connectivity index (χ4n) is 1.91. The maximum atomic E-state index is 5.51.